The Balaban J connectivity index is 1.84. The third kappa shape index (κ3) is 3.45. The summed E-state index contributed by atoms with van der Waals surface area (Å²) in [5.41, 5.74) is 2.60. The molecule has 4 nitrogen and oxygen atoms in total. The molecule has 0 aliphatic rings. The SMILES string of the molecule is COc1cnc(NCCc2cccc(C)c2)nc1. The maximum Gasteiger partial charge on any atom is 0.222 e. The third-order valence-corrected chi connectivity index (χ3v) is 2.64. The first kappa shape index (κ1) is 12.4. The average Bonchev–Trinajstić information content (AvgIpc) is 2.40. The number of methoxy groups -OCH3 is 1. The Kier molecular flexibility index (Phi) is 4.12. The Morgan fingerprint density at radius 3 is 2.67 bits per heavy atom. The molecule has 0 bridgehead atoms. The van der Waals surface area contributed by atoms with Gasteiger partial charge in [-0.1, -0.05) is 29.8 Å². The molecular weight excluding hydrogens is 226 g/mol. The van der Waals surface area contributed by atoms with Crippen molar-refractivity contribution in [3.63, 3.8) is 0 Å². The van der Waals surface area contributed by atoms with Gasteiger partial charge in [0, 0.05) is 6.54 Å². The number of ether oxygens (including phenoxy) is 1. The van der Waals surface area contributed by atoms with Crippen molar-refractivity contribution in [2.45, 2.75) is 13.3 Å². The second-order valence-corrected chi connectivity index (χ2v) is 4.11. The zero-order chi connectivity index (χ0) is 12.8. The quantitative estimate of drug-likeness (QED) is 0.876. The largest absolute Gasteiger partial charge is 0.494 e. The van der Waals surface area contributed by atoms with Crippen molar-refractivity contribution >= 4 is 5.95 Å². The number of aromatic nitrogens is 2. The van der Waals surface area contributed by atoms with E-state index >= 15 is 0 Å². The van der Waals surface area contributed by atoms with E-state index in [1.54, 1.807) is 19.5 Å². The summed E-state index contributed by atoms with van der Waals surface area (Å²) in [6.45, 7) is 2.92. The van der Waals surface area contributed by atoms with Crippen LogP contribution in [0.5, 0.6) is 5.75 Å². The van der Waals surface area contributed by atoms with Crippen molar-refractivity contribution in [1.82, 2.24) is 9.97 Å². The Morgan fingerprint density at radius 1 is 1.22 bits per heavy atom. The van der Waals surface area contributed by atoms with Gasteiger partial charge in [0.15, 0.2) is 5.75 Å². The molecule has 1 N–H and O–H groups in total. The van der Waals surface area contributed by atoms with Gasteiger partial charge in [0.05, 0.1) is 19.5 Å². The lowest BCUT2D eigenvalue weighted by Gasteiger charge is -2.06. The van der Waals surface area contributed by atoms with Crippen molar-refractivity contribution in [3.8, 4) is 5.75 Å². The fraction of sp³-hybridized carbons (Fsp3) is 0.286. The van der Waals surface area contributed by atoms with Crippen molar-refractivity contribution in [2.24, 2.45) is 0 Å². The summed E-state index contributed by atoms with van der Waals surface area (Å²) in [7, 11) is 1.60. The van der Waals surface area contributed by atoms with Crippen LogP contribution in [0.25, 0.3) is 0 Å². The molecule has 0 spiro atoms. The predicted octanol–water partition coefficient (Wildman–Crippen LogP) is 2.45. The summed E-state index contributed by atoms with van der Waals surface area (Å²) in [4.78, 5) is 8.30. The van der Waals surface area contributed by atoms with Crippen LogP contribution in [0, 0.1) is 6.92 Å². The smallest absolute Gasteiger partial charge is 0.222 e. The number of aryl methyl sites for hydroxylation is 1. The third-order valence-electron chi connectivity index (χ3n) is 2.64. The first-order valence-corrected chi connectivity index (χ1v) is 5.93. The van der Waals surface area contributed by atoms with Crippen molar-refractivity contribution < 1.29 is 4.74 Å². The number of hydrogen-bond acceptors (Lipinski definition) is 4. The zero-order valence-corrected chi connectivity index (χ0v) is 10.7. The van der Waals surface area contributed by atoms with E-state index in [1.165, 1.54) is 11.1 Å². The molecule has 0 aliphatic heterocycles. The Hall–Kier alpha value is -2.10. The summed E-state index contributed by atoms with van der Waals surface area (Å²) in [5.74, 6) is 1.29. The first-order valence-electron chi connectivity index (χ1n) is 5.93. The number of rotatable bonds is 5. The number of anilines is 1. The Morgan fingerprint density at radius 2 is 2.00 bits per heavy atom. The van der Waals surface area contributed by atoms with Crippen LogP contribution < -0.4 is 10.1 Å². The number of hydrogen-bond donors (Lipinski definition) is 1. The highest BCUT2D eigenvalue weighted by atomic mass is 16.5. The molecule has 0 fully saturated rings. The molecule has 0 saturated carbocycles. The van der Waals surface area contributed by atoms with Crippen LogP contribution >= 0.6 is 0 Å². The highest BCUT2D eigenvalue weighted by Gasteiger charge is 1.97. The van der Waals surface area contributed by atoms with Crippen LogP contribution in [0.2, 0.25) is 0 Å². The minimum absolute atomic E-state index is 0.628. The Bertz CT molecular complexity index is 497. The van der Waals surface area contributed by atoms with E-state index in [-0.39, 0.29) is 0 Å². The van der Waals surface area contributed by atoms with Crippen LogP contribution in [-0.4, -0.2) is 23.6 Å². The van der Waals surface area contributed by atoms with Crippen molar-refractivity contribution in [1.29, 1.82) is 0 Å². The maximum absolute atomic E-state index is 5.00. The van der Waals surface area contributed by atoms with Gasteiger partial charge in [0.2, 0.25) is 5.95 Å². The van der Waals surface area contributed by atoms with Gasteiger partial charge in [-0.05, 0) is 18.9 Å². The molecule has 18 heavy (non-hydrogen) atoms. The molecule has 1 aromatic carbocycles. The minimum Gasteiger partial charge on any atom is -0.494 e. The molecule has 2 rings (SSSR count). The molecule has 0 atom stereocenters. The number of benzene rings is 1. The second-order valence-electron chi connectivity index (χ2n) is 4.11. The summed E-state index contributed by atoms with van der Waals surface area (Å²) in [6.07, 6.45) is 4.26. The average molecular weight is 243 g/mol. The van der Waals surface area contributed by atoms with Crippen LogP contribution in [0.3, 0.4) is 0 Å². The standard InChI is InChI=1S/C14H17N3O/c1-11-4-3-5-12(8-11)6-7-15-14-16-9-13(18-2)10-17-14/h3-5,8-10H,6-7H2,1-2H3,(H,15,16,17). The van der Waals surface area contributed by atoms with Crippen molar-refractivity contribution in [3.05, 3.63) is 47.8 Å². The predicted molar refractivity (Wildman–Crippen MR) is 72.0 cm³/mol. The van der Waals surface area contributed by atoms with Gasteiger partial charge < -0.3 is 10.1 Å². The molecule has 4 heteroatoms. The van der Waals surface area contributed by atoms with Crippen molar-refractivity contribution in [2.75, 3.05) is 19.0 Å². The van der Waals surface area contributed by atoms with E-state index in [2.05, 4.69) is 46.5 Å². The molecule has 0 unspecified atom stereocenters. The fourth-order valence-corrected chi connectivity index (χ4v) is 1.70. The molecule has 2 aromatic rings. The van der Waals surface area contributed by atoms with Gasteiger partial charge in [-0.3, -0.25) is 0 Å². The number of nitrogens with one attached hydrogen (secondary N) is 1. The van der Waals surface area contributed by atoms with Gasteiger partial charge in [-0.2, -0.15) is 0 Å². The van der Waals surface area contributed by atoms with Crippen LogP contribution in [-0.2, 0) is 6.42 Å². The lowest BCUT2D eigenvalue weighted by molar-refractivity contribution is 0.411. The normalized spacial score (nSPS) is 10.1. The van der Waals surface area contributed by atoms with E-state index in [9.17, 15) is 0 Å². The molecule has 1 aromatic heterocycles. The highest BCUT2D eigenvalue weighted by molar-refractivity contribution is 5.28. The molecule has 0 aliphatic carbocycles. The monoisotopic (exact) mass is 243 g/mol. The minimum atomic E-state index is 0.628. The summed E-state index contributed by atoms with van der Waals surface area (Å²) < 4.78 is 5.00. The zero-order valence-electron chi connectivity index (χ0n) is 10.7. The first-order chi connectivity index (χ1) is 8.78. The summed E-state index contributed by atoms with van der Waals surface area (Å²) in [6, 6.07) is 8.50. The van der Waals surface area contributed by atoms with Crippen LogP contribution in [0.1, 0.15) is 11.1 Å². The molecule has 0 saturated heterocycles. The molecule has 0 radical (unpaired) electrons. The van der Waals surface area contributed by atoms with Gasteiger partial charge in [-0.25, -0.2) is 9.97 Å². The van der Waals surface area contributed by atoms with Gasteiger partial charge in [0.25, 0.3) is 0 Å². The van der Waals surface area contributed by atoms with Crippen LogP contribution in [0.4, 0.5) is 5.95 Å². The fourth-order valence-electron chi connectivity index (χ4n) is 1.70. The number of nitrogens with zero attached hydrogens (tertiary/aromatic N) is 2. The van der Waals surface area contributed by atoms with E-state index in [0.29, 0.717) is 11.7 Å². The lowest BCUT2D eigenvalue weighted by Crippen LogP contribution is -2.07. The van der Waals surface area contributed by atoms with Gasteiger partial charge in [0.1, 0.15) is 0 Å². The van der Waals surface area contributed by atoms with Crippen LogP contribution in [0.15, 0.2) is 36.7 Å². The molecular formula is C14H17N3O. The maximum atomic E-state index is 5.00. The van der Waals surface area contributed by atoms with Gasteiger partial charge >= 0.3 is 0 Å². The lowest BCUT2D eigenvalue weighted by atomic mass is 10.1. The van der Waals surface area contributed by atoms with E-state index in [4.69, 9.17) is 4.74 Å². The molecule has 0 amide bonds. The van der Waals surface area contributed by atoms with Gasteiger partial charge in [-0.15, -0.1) is 0 Å². The summed E-state index contributed by atoms with van der Waals surface area (Å²) >= 11 is 0. The Labute approximate surface area is 107 Å². The molecule has 94 valence electrons. The van der Waals surface area contributed by atoms with E-state index in [1.807, 2.05) is 0 Å². The second kappa shape index (κ2) is 6.00. The molecule has 1 heterocycles. The summed E-state index contributed by atoms with van der Waals surface area (Å²) in [5, 5.41) is 3.19. The van der Waals surface area contributed by atoms with E-state index in [0.717, 1.165) is 13.0 Å². The van der Waals surface area contributed by atoms with E-state index < -0.39 is 0 Å². The topological polar surface area (TPSA) is 47.0 Å². The highest BCUT2D eigenvalue weighted by Crippen LogP contribution is 2.08.